The lowest BCUT2D eigenvalue weighted by atomic mass is 9.88. The topological polar surface area (TPSA) is 60.9 Å². The molecule has 0 saturated heterocycles. The second kappa shape index (κ2) is 5.16. The number of hydrogen-bond acceptors (Lipinski definition) is 2. The third kappa shape index (κ3) is 2.76. The van der Waals surface area contributed by atoms with E-state index in [2.05, 4.69) is 0 Å². The summed E-state index contributed by atoms with van der Waals surface area (Å²) in [6.07, 6.45) is 5.24. The van der Waals surface area contributed by atoms with Crippen LogP contribution in [0.15, 0.2) is 0 Å². The van der Waals surface area contributed by atoms with E-state index in [0.717, 1.165) is 18.4 Å². The van der Waals surface area contributed by atoms with Crippen molar-refractivity contribution in [2.24, 2.45) is 17.8 Å². The third-order valence-electron chi connectivity index (χ3n) is 4.42. The first-order valence-electron chi connectivity index (χ1n) is 6.65. The van der Waals surface area contributed by atoms with Crippen molar-refractivity contribution in [1.82, 2.24) is 9.80 Å². The van der Waals surface area contributed by atoms with Gasteiger partial charge in [-0.1, -0.05) is 6.42 Å². The third-order valence-corrected chi connectivity index (χ3v) is 4.42. The molecule has 2 amide bonds. The average molecular weight is 254 g/mol. The summed E-state index contributed by atoms with van der Waals surface area (Å²) in [5.74, 6) is 1.31. The molecule has 3 unspecified atom stereocenters. The van der Waals surface area contributed by atoms with E-state index in [9.17, 15) is 9.59 Å². The first-order valence-corrected chi connectivity index (χ1v) is 6.65. The highest BCUT2D eigenvalue weighted by molar-refractivity contribution is 5.79. The fraction of sp³-hybridized carbons (Fsp3) is 0.846. The Morgan fingerprint density at radius 3 is 2.39 bits per heavy atom. The molecule has 5 nitrogen and oxygen atoms in total. The number of carbonyl (C=O) groups is 2. The molecule has 3 atom stereocenters. The highest BCUT2D eigenvalue weighted by Gasteiger charge is 2.40. The SMILES string of the molecule is CN(CC(=O)O)C(=O)N(C)CC1CC2CCC1C2. The van der Waals surface area contributed by atoms with Crippen LogP contribution in [0.2, 0.25) is 0 Å². The first-order chi connectivity index (χ1) is 8.47. The number of nitrogens with zero attached hydrogens (tertiary/aromatic N) is 2. The quantitative estimate of drug-likeness (QED) is 0.827. The van der Waals surface area contributed by atoms with Crippen LogP contribution < -0.4 is 0 Å². The molecule has 0 aromatic heterocycles. The molecule has 0 radical (unpaired) electrons. The number of rotatable bonds is 4. The minimum absolute atomic E-state index is 0.194. The monoisotopic (exact) mass is 254 g/mol. The molecular formula is C13H22N2O3. The van der Waals surface area contributed by atoms with Gasteiger partial charge in [0, 0.05) is 20.6 Å². The minimum Gasteiger partial charge on any atom is -0.480 e. The number of carboxylic acid groups (broad SMARTS) is 1. The highest BCUT2D eigenvalue weighted by Crippen LogP contribution is 2.48. The van der Waals surface area contributed by atoms with Crippen LogP contribution in [-0.4, -0.2) is 54.1 Å². The van der Waals surface area contributed by atoms with Crippen LogP contribution in [-0.2, 0) is 4.79 Å². The van der Waals surface area contributed by atoms with Gasteiger partial charge >= 0.3 is 12.0 Å². The molecule has 0 heterocycles. The summed E-state index contributed by atoms with van der Waals surface area (Å²) < 4.78 is 0. The summed E-state index contributed by atoms with van der Waals surface area (Å²) in [7, 11) is 3.31. The molecule has 5 heteroatoms. The number of amides is 2. The van der Waals surface area contributed by atoms with Crippen molar-refractivity contribution in [2.45, 2.75) is 25.7 Å². The summed E-state index contributed by atoms with van der Waals surface area (Å²) in [6.45, 7) is 0.532. The van der Waals surface area contributed by atoms with Crippen molar-refractivity contribution in [2.75, 3.05) is 27.2 Å². The summed E-state index contributed by atoms with van der Waals surface area (Å²) >= 11 is 0. The fourth-order valence-electron chi connectivity index (χ4n) is 3.59. The van der Waals surface area contributed by atoms with Gasteiger partial charge in [-0.3, -0.25) is 4.79 Å². The smallest absolute Gasteiger partial charge is 0.323 e. The minimum atomic E-state index is -0.973. The van der Waals surface area contributed by atoms with Crippen molar-refractivity contribution >= 4 is 12.0 Å². The second-order valence-electron chi connectivity index (χ2n) is 5.85. The van der Waals surface area contributed by atoms with Gasteiger partial charge in [-0.05, 0) is 37.0 Å². The van der Waals surface area contributed by atoms with Gasteiger partial charge in [0.1, 0.15) is 6.54 Å². The summed E-state index contributed by atoms with van der Waals surface area (Å²) in [4.78, 5) is 25.5. The van der Waals surface area contributed by atoms with E-state index >= 15 is 0 Å². The van der Waals surface area contributed by atoms with Gasteiger partial charge in [0.25, 0.3) is 0 Å². The number of aliphatic carboxylic acids is 1. The van der Waals surface area contributed by atoms with Crippen LogP contribution >= 0.6 is 0 Å². The maximum Gasteiger partial charge on any atom is 0.323 e. The summed E-state index contributed by atoms with van der Waals surface area (Å²) in [5, 5.41) is 8.67. The normalized spacial score (nSPS) is 29.3. The standard InChI is InChI=1S/C13H22N2O3/c1-14(13(18)15(2)8-12(16)17)7-11-6-9-3-4-10(11)5-9/h9-11H,3-8H2,1-2H3,(H,16,17). The van der Waals surface area contributed by atoms with E-state index < -0.39 is 5.97 Å². The Bertz CT molecular complexity index is 345. The van der Waals surface area contributed by atoms with Crippen molar-refractivity contribution in [3.05, 3.63) is 0 Å². The average Bonchev–Trinajstić information content (AvgIpc) is 2.88. The first kappa shape index (κ1) is 13.2. The van der Waals surface area contributed by atoms with Crippen LogP contribution in [0, 0.1) is 17.8 Å². The number of carboxylic acids is 1. The van der Waals surface area contributed by atoms with Crippen molar-refractivity contribution in [3.63, 3.8) is 0 Å². The Hall–Kier alpha value is -1.26. The molecule has 2 bridgehead atoms. The highest BCUT2D eigenvalue weighted by atomic mass is 16.4. The van der Waals surface area contributed by atoms with Gasteiger partial charge < -0.3 is 14.9 Å². The van der Waals surface area contributed by atoms with Crippen LogP contribution in [0.4, 0.5) is 4.79 Å². The van der Waals surface area contributed by atoms with Crippen molar-refractivity contribution in [3.8, 4) is 0 Å². The molecule has 18 heavy (non-hydrogen) atoms. The van der Waals surface area contributed by atoms with Gasteiger partial charge in [-0.15, -0.1) is 0 Å². The van der Waals surface area contributed by atoms with E-state index in [1.165, 1.54) is 37.6 Å². The van der Waals surface area contributed by atoms with Crippen LogP contribution in [0.3, 0.4) is 0 Å². The number of hydrogen-bond donors (Lipinski definition) is 1. The Morgan fingerprint density at radius 1 is 1.17 bits per heavy atom. The Morgan fingerprint density at radius 2 is 1.89 bits per heavy atom. The lowest BCUT2D eigenvalue weighted by Crippen LogP contribution is -2.43. The fourth-order valence-corrected chi connectivity index (χ4v) is 3.59. The molecule has 0 aromatic rings. The zero-order valence-corrected chi connectivity index (χ0v) is 11.1. The summed E-state index contributed by atoms with van der Waals surface area (Å²) in [6, 6.07) is -0.194. The van der Waals surface area contributed by atoms with E-state index in [1.807, 2.05) is 0 Å². The molecule has 2 saturated carbocycles. The number of urea groups is 1. The lowest BCUT2D eigenvalue weighted by Gasteiger charge is -2.29. The number of fused-ring (bicyclic) bond motifs is 2. The van der Waals surface area contributed by atoms with Crippen molar-refractivity contribution in [1.29, 1.82) is 0 Å². The molecule has 2 aliphatic carbocycles. The van der Waals surface area contributed by atoms with Gasteiger partial charge in [0.05, 0.1) is 0 Å². The molecular weight excluding hydrogens is 232 g/mol. The van der Waals surface area contributed by atoms with Crippen LogP contribution in [0.5, 0.6) is 0 Å². The predicted octanol–water partition coefficient (Wildman–Crippen LogP) is 1.49. The zero-order valence-electron chi connectivity index (χ0n) is 11.1. The van der Waals surface area contributed by atoms with E-state index in [-0.39, 0.29) is 12.6 Å². The largest absolute Gasteiger partial charge is 0.480 e. The van der Waals surface area contributed by atoms with E-state index in [1.54, 1.807) is 11.9 Å². The molecule has 1 N–H and O–H groups in total. The van der Waals surface area contributed by atoms with Gasteiger partial charge in [-0.2, -0.15) is 0 Å². The van der Waals surface area contributed by atoms with Gasteiger partial charge in [-0.25, -0.2) is 4.79 Å². The lowest BCUT2D eigenvalue weighted by molar-refractivity contribution is -0.137. The maximum atomic E-state index is 12.0. The number of carbonyl (C=O) groups excluding carboxylic acids is 1. The molecule has 0 aliphatic heterocycles. The predicted molar refractivity (Wildman–Crippen MR) is 67.2 cm³/mol. The van der Waals surface area contributed by atoms with Crippen LogP contribution in [0.25, 0.3) is 0 Å². The molecule has 2 aliphatic rings. The van der Waals surface area contributed by atoms with E-state index in [0.29, 0.717) is 5.92 Å². The molecule has 102 valence electrons. The maximum absolute atomic E-state index is 12.0. The Kier molecular flexibility index (Phi) is 3.78. The second-order valence-corrected chi connectivity index (χ2v) is 5.85. The molecule has 0 spiro atoms. The molecule has 2 rings (SSSR count). The molecule has 2 fully saturated rings. The van der Waals surface area contributed by atoms with Crippen molar-refractivity contribution < 1.29 is 14.7 Å². The zero-order chi connectivity index (χ0) is 13.3. The Balaban J connectivity index is 1.82. The number of likely N-dealkylation sites (N-methyl/N-ethyl adjacent to an activating group) is 1. The molecule has 0 aromatic carbocycles. The Labute approximate surface area is 108 Å². The van der Waals surface area contributed by atoms with Crippen LogP contribution in [0.1, 0.15) is 25.7 Å². The van der Waals surface area contributed by atoms with Gasteiger partial charge in [0.2, 0.25) is 0 Å². The van der Waals surface area contributed by atoms with Gasteiger partial charge in [0.15, 0.2) is 0 Å². The van der Waals surface area contributed by atoms with E-state index in [4.69, 9.17) is 5.11 Å². The summed E-state index contributed by atoms with van der Waals surface area (Å²) in [5.41, 5.74) is 0.